The summed E-state index contributed by atoms with van der Waals surface area (Å²) in [7, 11) is 0. The molecule has 1 heterocycles. The molecule has 1 aliphatic heterocycles. The molecule has 1 saturated carbocycles. The third kappa shape index (κ3) is 5.97. The van der Waals surface area contributed by atoms with E-state index in [2.05, 4.69) is 27.4 Å². The van der Waals surface area contributed by atoms with E-state index in [1.54, 1.807) is 6.07 Å². The number of anilines is 1. The summed E-state index contributed by atoms with van der Waals surface area (Å²) < 4.78 is 26.4. The lowest BCUT2D eigenvalue weighted by Crippen LogP contribution is -2.38. The van der Waals surface area contributed by atoms with Crippen molar-refractivity contribution >= 4 is 35.6 Å². The van der Waals surface area contributed by atoms with Gasteiger partial charge in [0.1, 0.15) is 0 Å². The molecule has 7 heteroatoms. The Hall–Kier alpha value is -1.12. The smallest absolute Gasteiger partial charge is 0.191 e. The van der Waals surface area contributed by atoms with Gasteiger partial charge in [0.15, 0.2) is 17.6 Å². The highest BCUT2D eigenvalue weighted by atomic mass is 127. The van der Waals surface area contributed by atoms with E-state index >= 15 is 0 Å². The zero-order valence-electron chi connectivity index (χ0n) is 14.6. The lowest BCUT2D eigenvalue weighted by Gasteiger charge is -2.18. The molecular weight excluding hydrogens is 437 g/mol. The van der Waals surface area contributed by atoms with Gasteiger partial charge in [0.2, 0.25) is 0 Å². The molecule has 2 N–H and O–H groups in total. The molecule has 1 aliphatic carbocycles. The minimum Gasteiger partial charge on any atom is -0.371 e. The van der Waals surface area contributed by atoms with Crippen molar-refractivity contribution in [2.45, 2.75) is 26.2 Å². The number of hydrogen-bond donors (Lipinski definition) is 2. The van der Waals surface area contributed by atoms with Crippen LogP contribution in [0.2, 0.25) is 0 Å². The molecular formula is C18H27F2IN4. The van der Waals surface area contributed by atoms with Gasteiger partial charge in [0.25, 0.3) is 0 Å². The summed E-state index contributed by atoms with van der Waals surface area (Å²) in [4.78, 5) is 6.79. The highest BCUT2D eigenvalue weighted by Crippen LogP contribution is 2.27. The molecule has 0 radical (unpaired) electrons. The first-order valence-corrected chi connectivity index (χ1v) is 8.88. The van der Waals surface area contributed by atoms with Gasteiger partial charge in [0, 0.05) is 44.5 Å². The Morgan fingerprint density at radius 2 is 1.96 bits per heavy atom. The van der Waals surface area contributed by atoms with Crippen LogP contribution in [0.15, 0.2) is 23.2 Å². The second kappa shape index (κ2) is 9.54. The number of aliphatic imine (C=N–C) groups is 1. The molecule has 1 saturated heterocycles. The maximum Gasteiger partial charge on any atom is 0.191 e. The summed E-state index contributed by atoms with van der Waals surface area (Å²) in [5.41, 5.74) is 0.749. The van der Waals surface area contributed by atoms with Gasteiger partial charge >= 0.3 is 0 Å². The van der Waals surface area contributed by atoms with Gasteiger partial charge in [-0.2, -0.15) is 0 Å². The van der Waals surface area contributed by atoms with Crippen LogP contribution in [0.4, 0.5) is 14.5 Å². The number of hydrogen-bond acceptors (Lipinski definition) is 2. The van der Waals surface area contributed by atoms with Gasteiger partial charge in [-0.1, -0.05) is 0 Å². The first kappa shape index (κ1) is 20.2. The average molecular weight is 464 g/mol. The molecule has 0 aromatic heterocycles. The van der Waals surface area contributed by atoms with Crippen molar-refractivity contribution in [2.24, 2.45) is 16.8 Å². The van der Waals surface area contributed by atoms with Gasteiger partial charge in [-0.15, -0.1) is 24.0 Å². The van der Waals surface area contributed by atoms with Crippen molar-refractivity contribution in [3.8, 4) is 0 Å². The third-order valence-electron chi connectivity index (χ3n) is 4.66. The van der Waals surface area contributed by atoms with E-state index in [-0.39, 0.29) is 24.0 Å². The number of nitrogens with zero attached hydrogens (tertiary/aromatic N) is 2. The van der Waals surface area contributed by atoms with Crippen molar-refractivity contribution < 1.29 is 8.78 Å². The molecule has 140 valence electrons. The van der Waals surface area contributed by atoms with Crippen LogP contribution in [0, 0.1) is 23.5 Å². The highest BCUT2D eigenvalue weighted by molar-refractivity contribution is 14.0. The largest absolute Gasteiger partial charge is 0.371 e. The van der Waals surface area contributed by atoms with E-state index in [0.29, 0.717) is 5.92 Å². The first-order chi connectivity index (χ1) is 11.7. The van der Waals surface area contributed by atoms with E-state index in [0.717, 1.165) is 56.7 Å². The second-order valence-electron chi connectivity index (χ2n) is 6.74. The summed E-state index contributed by atoms with van der Waals surface area (Å²) >= 11 is 0. The zero-order valence-corrected chi connectivity index (χ0v) is 16.9. The van der Waals surface area contributed by atoms with E-state index in [1.165, 1.54) is 25.0 Å². The van der Waals surface area contributed by atoms with Crippen molar-refractivity contribution in [3.63, 3.8) is 0 Å². The fourth-order valence-electron chi connectivity index (χ4n) is 3.02. The van der Waals surface area contributed by atoms with Crippen LogP contribution in [-0.2, 0) is 0 Å². The molecule has 25 heavy (non-hydrogen) atoms. The predicted octanol–water partition coefficient (Wildman–Crippen LogP) is 3.37. The van der Waals surface area contributed by atoms with Crippen LogP contribution >= 0.6 is 24.0 Å². The van der Waals surface area contributed by atoms with Crippen LogP contribution in [0.25, 0.3) is 0 Å². The van der Waals surface area contributed by atoms with Crippen LogP contribution in [0.1, 0.15) is 26.2 Å². The molecule has 0 bridgehead atoms. The maximum absolute atomic E-state index is 13.4. The standard InChI is InChI=1S/C18H26F2N4.HI/c1-2-21-18(22-10-13-3-4-13)23-11-14-7-8-24(12-14)15-5-6-16(19)17(20)9-15;/h5-6,9,13-14H,2-4,7-8,10-12H2,1H3,(H2,21,22,23);1H. The van der Waals surface area contributed by atoms with E-state index < -0.39 is 11.6 Å². The first-order valence-electron chi connectivity index (χ1n) is 8.88. The summed E-state index contributed by atoms with van der Waals surface area (Å²) in [5, 5.41) is 6.68. The molecule has 0 amide bonds. The second-order valence-corrected chi connectivity index (χ2v) is 6.74. The molecule has 1 aromatic carbocycles. The zero-order chi connectivity index (χ0) is 16.9. The molecule has 1 atom stereocenters. The molecule has 2 fully saturated rings. The van der Waals surface area contributed by atoms with Crippen molar-refractivity contribution in [3.05, 3.63) is 29.8 Å². The fourth-order valence-corrected chi connectivity index (χ4v) is 3.02. The lowest BCUT2D eigenvalue weighted by atomic mass is 10.1. The number of guanidine groups is 1. The van der Waals surface area contributed by atoms with Crippen molar-refractivity contribution in [1.82, 2.24) is 10.6 Å². The van der Waals surface area contributed by atoms with Crippen LogP contribution in [0.3, 0.4) is 0 Å². The van der Waals surface area contributed by atoms with Crippen LogP contribution in [-0.4, -0.2) is 38.7 Å². The van der Waals surface area contributed by atoms with Crippen LogP contribution in [0.5, 0.6) is 0 Å². The maximum atomic E-state index is 13.4. The van der Waals surface area contributed by atoms with E-state index in [9.17, 15) is 8.78 Å². The quantitative estimate of drug-likeness (QED) is 0.386. The van der Waals surface area contributed by atoms with Crippen molar-refractivity contribution in [1.29, 1.82) is 0 Å². The molecule has 4 nitrogen and oxygen atoms in total. The number of halogens is 3. The predicted molar refractivity (Wildman–Crippen MR) is 109 cm³/mol. The van der Waals surface area contributed by atoms with E-state index in [4.69, 9.17) is 0 Å². The molecule has 1 unspecified atom stereocenters. The van der Waals surface area contributed by atoms with Gasteiger partial charge < -0.3 is 15.5 Å². The Morgan fingerprint density at radius 1 is 1.16 bits per heavy atom. The van der Waals surface area contributed by atoms with Gasteiger partial charge in [-0.25, -0.2) is 8.78 Å². The topological polar surface area (TPSA) is 39.7 Å². The minimum atomic E-state index is -0.795. The molecule has 0 spiro atoms. The van der Waals surface area contributed by atoms with Gasteiger partial charge in [-0.05, 0) is 50.2 Å². The minimum absolute atomic E-state index is 0. The normalized spacial score (nSPS) is 20.4. The van der Waals surface area contributed by atoms with Crippen molar-refractivity contribution in [2.75, 3.05) is 37.6 Å². The Bertz CT molecular complexity index is 592. The Labute approximate surface area is 165 Å². The summed E-state index contributed by atoms with van der Waals surface area (Å²) in [6.45, 7) is 6.35. The number of benzene rings is 1. The van der Waals surface area contributed by atoms with Gasteiger partial charge in [-0.3, -0.25) is 4.99 Å². The molecule has 3 rings (SSSR count). The van der Waals surface area contributed by atoms with Gasteiger partial charge in [0.05, 0.1) is 0 Å². The molecule has 2 aliphatic rings. The monoisotopic (exact) mass is 464 g/mol. The lowest BCUT2D eigenvalue weighted by molar-refractivity contribution is 0.508. The third-order valence-corrected chi connectivity index (χ3v) is 4.66. The summed E-state index contributed by atoms with van der Waals surface area (Å²) in [6.07, 6.45) is 3.65. The summed E-state index contributed by atoms with van der Waals surface area (Å²) in [5.74, 6) is 0.554. The number of nitrogens with one attached hydrogen (secondary N) is 2. The SMILES string of the molecule is CCNC(=NCC1CCN(c2ccc(F)c(F)c2)C1)NCC1CC1.I. The Balaban J connectivity index is 0.00000225. The van der Waals surface area contributed by atoms with E-state index in [1.807, 2.05) is 0 Å². The number of rotatable bonds is 6. The summed E-state index contributed by atoms with van der Waals surface area (Å²) in [6, 6.07) is 4.12. The fraction of sp³-hybridized carbons (Fsp3) is 0.611. The Kier molecular flexibility index (Phi) is 7.71. The van der Waals surface area contributed by atoms with Crippen LogP contribution < -0.4 is 15.5 Å². The Morgan fingerprint density at radius 3 is 2.64 bits per heavy atom. The molecule has 1 aromatic rings. The average Bonchev–Trinajstić information content (AvgIpc) is 3.29. The highest BCUT2D eigenvalue weighted by Gasteiger charge is 2.24.